The minimum absolute atomic E-state index is 0.0651. The van der Waals surface area contributed by atoms with E-state index >= 15 is 0 Å². The zero-order valence-corrected chi connectivity index (χ0v) is 19.6. The lowest BCUT2D eigenvalue weighted by Crippen LogP contribution is -2.45. The summed E-state index contributed by atoms with van der Waals surface area (Å²) in [6.45, 7) is 1.64. The summed E-state index contributed by atoms with van der Waals surface area (Å²) in [5.74, 6) is 0.678. The molecular formula is C27H29N7O. The first-order chi connectivity index (χ1) is 17.1. The molecule has 4 N–H and O–H groups in total. The van der Waals surface area contributed by atoms with Crippen LogP contribution in [-0.2, 0) is 12.8 Å². The highest BCUT2D eigenvalue weighted by molar-refractivity contribution is 5.79. The molecule has 1 unspecified atom stereocenters. The third-order valence-corrected chi connectivity index (χ3v) is 8.63. The average Bonchev–Trinajstić information content (AvgIpc) is 3.44. The Balaban J connectivity index is 1.17. The van der Waals surface area contributed by atoms with Gasteiger partial charge in [-0.1, -0.05) is 30.3 Å². The number of aryl methyl sites for hydroxylation is 1. The van der Waals surface area contributed by atoms with Crippen molar-refractivity contribution >= 4 is 17.0 Å². The maximum atomic E-state index is 13.3. The quantitative estimate of drug-likeness (QED) is 0.416. The van der Waals surface area contributed by atoms with Crippen LogP contribution >= 0.6 is 0 Å². The Morgan fingerprint density at radius 1 is 1.09 bits per heavy atom. The van der Waals surface area contributed by atoms with Crippen molar-refractivity contribution in [2.75, 3.05) is 18.0 Å². The SMILES string of the molecule is N[C@@H]1c2ccccc2CC12CCN(c1nc3[nH]nc(C4CCCc5ncccc54)c3c(=O)[nH]1)CC2. The molecule has 8 nitrogen and oxygen atoms in total. The topological polar surface area (TPSA) is 117 Å². The molecule has 8 heteroatoms. The van der Waals surface area contributed by atoms with Gasteiger partial charge in [0, 0.05) is 36.9 Å². The Bertz CT molecular complexity index is 1480. The van der Waals surface area contributed by atoms with E-state index in [-0.39, 0.29) is 22.9 Å². The number of aromatic nitrogens is 5. The fourth-order valence-corrected chi connectivity index (χ4v) is 6.71. The fourth-order valence-electron chi connectivity index (χ4n) is 6.71. The summed E-state index contributed by atoms with van der Waals surface area (Å²) >= 11 is 0. The van der Waals surface area contributed by atoms with Crippen molar-refractivity contribution in [2.24, 2.45) is 11.1 Å². The van der Waals surface area contributed by atoms with Crippen LogP contribution in [0, 0.1) is 5.41 Å². The molecule has 0 radical (unpaired) electrons. The molecule has 1 fully saturated rings. The summed E-state index contributed by atoms with van der Waals surface area (Å²) in [4.78, 5) is 27.9. The lowest BCUT2D eigenvalue weighted by atomic mass is 9.73. The van der Waals surface area contributed by atoms with Crippen molar-refractivity contribution < 1.29 is 0 Å². The van der Waals surface area contributed by atoms with Crippen LogP contribution in [0.2, 0.25) is 0 Å². The summed E-state index contributed by atoms with van der Waals surface area (Å²) < 4.78 is 0. The molecule has 2 aliphatic carbocycles. The average molecular weight is 468 g/mol. The number of benzene rings is 1. The molecule has 7 rings (SSSR count). The fraction of sp³-hybridized carbons (Fsp3) is 0.407. The molecule has 1 aromatic carbocycles. The molecule has 2 atom stereocenters. The largest absolute Gasteiger partial charge is 0.342 e. The van der Waals surface area contributed by atoms with Crippen molar-refractivity contribution in [1.29, 1.82) is 0 Å². The normalized spacial score (nSPS) is 22.9. The summed E-state index contributed by atoms with van der Waals surface area (Å²) in [5, 5.41) is 8.21. The number of nitrogens with one attached hydrogen (secondary N) is 2. The van der Waals surface area contributed by atoms with Gasteiger partial charge in [0.1, 0.15) is 5.39 Å². The predicted molar refractivity (Wildman–Crippen MR) is 134 cm³/mol. The number of hydrogen-bond acceptors (Lipinski definition) is 6. The Morgan fingerprint density at radius 2 is 1.91 bits per heavy atom. The summed E-state index contributed by atoms with van der Waals surface area (Å²) in [5.41, 5.74) is 13.0. The van der Waals surface area contributed by atoms with Gasteiger partial charge in [0.25, 0.3) is 5.56 Å². The highest BCUT2D eigenvalue weighted by atomic mass is 16.1. The second kappa shape index (κ2) is 7.75. The number of piperidine rings is 1. The van der Waals surface area contributed by atoms with Gasteiger partial charge in [0.05, 0.1) is 5.69 Å². The first-order valence-corrected chi connectivity index (χ1v) is 12.6. The van der Waals surface area contributed by atoms with Gasteiger partial charge in [-0.3, -0.25) is 19.9 Å². The van der Waals surface area contributed by atoms with E-state index in [2.05, 4.69) is 55.4 Å². The first kappa shape index (κ1) is 20.8. The van der Waals surface area contributed by atoms with Crippen molar-refractivity contribution in [1.82, 2.24) is 25.1 Å². The molecule has 1 aliphatic heterocycles. The van der Waals surface area contributed by atoms with E-state index in [0.717, 1.165) is 63.0 Å². The number of aromatic amines is 2. The number of rotatable bonds is 2. The van der Waals surface area contributed by atoms with E-state index in [9.17, 15) is 4.79 Å². The summed E-state index contributed by atoms with van der Waals surface area (Å²) in [6, 6.07) is 12.7. The number of nitrogens with zero attached hydrogens (tertiary/aromatic N) is 4. The minimum atomic E-state index is -0.130. The molecule has 4 aromatic rings. The maximum absolute atomic E-state index is 13.3. The van der Waals surface area contributed by atoms with Gasteiger partial charge in [0.15, 0.2) is 5.65 Å². The van der Waals surface area contributed by atoms with Crippen molar-refractivity contribution in [3.05, 3.63) is 81.0 Å². The van der Waals surface area contributed by atoms with Gasteiger partial charge in [-0.05, 0) is 66.7 Å². The molecule has 0 saturated carbocycles. The van der Waals surface area contributed by atoms with Crippen LogP contribution in [-0.4, -0.2) is 38.2 Å². The van der Waals surface area contributed by atoms with Crippen LogP contribution in [0.5, 0.6) is 0 Å². The van der Waals surface area contributed by atoms with Crippen LogP contribution in [0.1, 0.15) is 65.7 Å². The van der Waals surface area contributed by atoms with E-state index in [1.165, 1.54) is 16.7 Å². The smallest absolute Gasteiger partial charge is 0.263 e. The second-order valence-electron chi connectivity index (χ2n) is 10.4. The summed E-state index contributed by atoms with van der Waals surface area (Å²) in [6.07, 6.45) is 7.78. The molecular weight excluding hydrogens is 438 g/mol. The number of hydrogen-bond donors (Lipinski definition) is 3. The van der Waals surface area contributed by atoms with Gasteiger partial charge in [-0.2, -0.15) is 10.1 Å². The molecule has 4 heterocycles. The van der Waals surface area contributed by atoms with E-state index in [0.29, 0.717) is 17.0 Å². The number of pyridine rings is 1. The number of H-pyrrole nitrogens is 2. The number of nitrogens with two attached hydrogens (primary N) is 1. The van der Waals surface area contributed by atoms with Crippen LogP contribution in [0.3, 0.4) is 0 Å². The number of anilines is 1. The van der Waals surface area contributed by atoms with E-state index in [4.69, 9.17) is 10.7 Å². The van der Waals surface area contributed by atoms with Crippen molar-refractivity contribution in [3.63, 3.8) is 0 Å². The third kappa shape index (κ3) is 3.16. The third-order valence-electron chi connectivity index (χ3n) is 8.63. The van der Waals surface area contributed by atoms with Gasteiger partial charge < -0.3 is 10.6 Å². The van der Waals surface area contributed by atoms with Crippen molar-refractivity contribution in [3.8, 4) is 0 Å². The number of fused-ring (bicyclic) bond motifs is 3. The standard InChI is InChI=1S/C27H29N7O/c28-23-17-6-2-1-5-16(17)15-27(23)10-13-34(14-11-27)26-30-24-21(25(35)31-26)22(32-33-24)19-7-3-9-20-18(19)8-4-12-29-20/h1-2,4-6,8,12,19,23H,3,7,9-11,13-15,28H2,(H2,30,31,32,33,35)/t19?,23-/m1/s1. The Hall–Kier alpha value is -3.52. The van der Waals surface area contributed by atoms with Gasteiger partial charge in [-0.25, -0.2) is 0 Å². The van der Waals surface area contributed by atoms with Crippen LogP contribution < -0.4 is 16.2 Å². The van der Waals surface area contributed by atoms with Crippen LogP contribution in [0.25, 0.3) is 11.0 Å². The van der Waals surface area contributed by atoms with Crippen LogP contribution in [0.4, 0.5) is 5.95 Å². The lowest BCUT2D eigenvalue weighted by Gasteiger charge is -2.42. The zero-order valence-electron chi connectivity index (χ0n) is 19.6. The second-order valence-corrected chi connectivity index (χ2v) is 10.4. The summed E-state index contributed by atoms with van der Waals surface area (Å²) in [7, 11) is 0. The highest BCUT2D eigenvalue weighted by Gasteiger charge is 2.46. The monoisotopic (exact) mass is 467 g/mol. The molecule has 3 aromatic heterocycles. The molecule has 3 aliphatic rings. The predicted octanol–water partition coefficient (Wildman–Crippen LogP) is 3.35. The van der Waals surface area contributed by atoms with Crippen molar-refractivity contribution in [2.45, 2.75) is 50.5 Å². The maximum Gasteiger partial charge on any atom is 0.263 e. The molecule has 178 valence electrons. The van der Waals surface area contributed by atoms with E-state index in [1.807, 2.05) is 12.3 Å². The molecule has 1 saturated heterocycles. The molecule has 0 amide bonds. The lowest BCUT2D eigenvalue weighted by molar-refractivity contribution is 0.187. The van der Waals surface area contributed by atoms with Gasteiger partial charge >= 0.3 is 0 Å². The highest BCUT2D eigenvalue weighted by Crippen LogP contribution is 2.50. The van der Waals surface area contributed by atoms with Gasteiger partial charge in [-0.15, -0.1) is 0 Å². The van der Waals surface area contributed by atoms with E-state index < -0.39 is 0 Å². The molecule has 0 bridgehead atoms. The van der Waals surface area contributed by atoms with E-state index in [1.54, 1.807) is 0 Å². The Kier molecular flexibility index (Phi) is 4.61. The Labute approximate surface area is 203 Å². The Morgan fingerprint density at radius 3 is 2.77 bits per heavy atom. The molecule has 1 spiro atoms. The minimum Gasteiger partial charge on any atom is -0.342 e. The van der Waals surface area contributed by atoms with Crippen LogP contribution in [0.15, 0.2) is 47.4 Å². The molecule has 35 heavy (non-hydrogen) atoms. The zero-order chi connectivity index (χ0) is 23.6. The van der Waals surface area contributed by atoms with Gasteiger partial charge in [0.2, 0.25) is 5.95 Å². The first-order valence-electron chi connectivity index (χ1n) is 12.6.